The molecular formula is C8H16N4O. The fraction of sp³-hybridized carbons (Fsp3) is 0.750. The highest BCUT2D eigenvalue weighted by atomic mass is 16.1. The van der Waals surface area contributed by atoms with Gasteiger partial charge in [-0.1, -0.05) is 13.8 Å². The SMILES string of the molecule is CC(C)C(C)(CN)n1cn[nH]c1=O. The van der Waals surface area contributed by atoms with Crippen LogP contribution in [0.4, 0.5) is 0 Å². The largest absolute Gasteiger partial charge is 0.343 e. The molecule has 1 aromatic heterocycles. The van der Waals surface area contributed by atoms with Crippen LogP contribution in [-0.4, -0.2) is 21.3 Å². The molecule has 5 nitrogen and oxygen atoms in total. The number of aromatic nitrogens is 3. The van der Waals surface area contributed by atoms with Gasteiger partial charge in [-0.15, -0.1) is 0 Å². The van der Waals surface area contributed by atoms with E-state index >= 15 is 0 Å². The van der Waals surface area contributed by atoms with Crippen LogP contribution in [0.3, 0.4) is 0 Å². The summed E-state index contributed by atoms with van der Waals surface area (Å²) in [5.74, 6) is 0.285. The molecule has 0 radical (unpaired) electrons. The van der Waals surface area contributed by atoms with E-state index in [0.717, 1.165) is 0 Å². The summed E-state index contributed by atoms with van der Waals surface area (Å²) < 4.78 is 1.55. The monoisotopic (exact) mass is 184 g/mol. The highest BCUT2D eigenvalue weighted by molar-refractivity contribution is 4.88. The highest BCUT2D eigenvalue weighted by Gasteiger charge is 2.30. The average molecular weight is 184 g/mol. The minimum Gasteiger partial charge on any atom is -0.328 e. The van der Waals surface area contributed by atoms with Crippen LogP contribution in [0.15, 0.2) is 11.1 Å². The van der Waals surface area contributed by atoms with Crippen molar-refractivity contribution < 1.29 is 0 Å². The fourth-order valence-electron chi connectivity index (χ4n) is 1.22. The molecule has 13 heavy (non-hydrogen) atoms. The normalized spacial score (nSPS) is 16.1. The lowest BCUT2D eigenvalue weighted by Gasteiger charge is -2.32. The maximum Gasteiger partial charge on any atom is 0.343 e. The average Bonchev–Trinajstić information content (AvgIpc) is 2.50. The first-order valence-electron chi connectivity index (χ1n) is 4.35. The van der Waals surface area contributed by atoms with E-state index < -0.39 is 0 Å². The second-order valence-corrected chi connectivity index (χ2v) is 3.75. The number of nitrogens with zero attached hydrogens (tertiary/aromatic N) is 2. The Bertz CT molecular complexity index is 327. The first-order chi connectivity index (χ1) is 6.02. The van der Waals surface area contributed by atoms with Crippen molar-refractivity contribution in [3.8, 4) is 0 Å². The van der Waals surface area contributed by atoms with E-state index in [9.17, 15) is 4.79 Å². The fourth-order valence-corrected chi connectivity index (χ4v) is 1.22. The van der Waals surface area contributed by atoms with Crippen LogP contribution >= 0.6 is 0 Å². The molecule has 1 atom stereocenters. The summed E-state index contributed by atoms with van der Waals surface area (Å²) in [6.07, 6.45) is 1.50. The van der Waals surface area contributed by atoms with Crippen molar-refractivity contribution in [1.82, 2.24) is 14.8 Å². The van der Waals surface area contributed by atoms with Gasteiger partial charge in [0.1, 0.15) is 6.33 Å². The Balaban J connectivity index is 3.17. The molecule has 1 rings (SSSR count). The smallest absolute Gasteiger partial charge is 0.328 e. The Hall–Kier alpha value is -1.10. The van der Waals surface area contributed by atoms with E-state index in [0.29, 0.717) is 6.54 Å². The molecular weight excluding hydrogens is 168 g/mol. The van der Waals surface area contributed by atoms with E-state index in [1.165, 1.54) is 6.33 Å². The highest BCUT2D eigenvalue weighted by Crippen LogP contribution is 2.21. The van der Waals surface area contributed by atoms with E-state index in [2.05, 4.69) is 10.2 Å². The Morgan fingerprint density at radius 2 is 2.38 bits per heavy atom. The minimum atomic E-state index is -0.357. The number of nitrogens with two attached hydrogens (primary N) is 1. The third kappa shape index (κ3) is 1.51. The molecule has 0 saturated carbocycles. The maximum absolute atomic E-state index is 11.3. The van der Waals surface area contributed by atoms with Gasteiger partial charge in [0.2, 0.25) is 0 Å². The molecule has 0 aliphatic rings. The molecule has 0 fully saturated rings. The van der Waals surface area contributed by atoms with Crippen LogP contribution < -0.4 is 11.4 Å². The van der Waals surface area contributed by atoms with E-state index in [-0.39, 0.29) is 17.1 Å². The Morgan fingerprint density at radius 3 is 2.69 bits per heavy atom. The number of nitrogens with one attached hydrogen (secondary N) is 1. The first kappa shape index (κ1) is 9.98. The number of hydrogen-bond acceptors (Lipinski definition) is 3. The second kappa shape index (κ2) is 3.33. The van der Waals surface area contributed by atoms with Crippen molar-refractivity contribution in [1.29, 1.82) is 0 Å². The zero-order chi connectivity index (χ0) is 10.1. The molecule has 5 heteroatoms. The van der Waals surface area contributed by atoms with Crippen LogP contribution in [0.25, 0.3) is 0 Å². The van der Waals surface area contributed by atoms with Gasteiger partial charge in [0.05, 0.1) is 5.54 Å². The molecule has 0 aromatic carbocycles. The van der Waals surface area contributed by atoms with Crippen molar-refractivity contribution in [3.05, 3.63) is 16.8 Å². The lowest BCUT2D eigenvalue weighted by atomic mass is 9.88. The predicted molar refractivity (Wildman–Crippen MR) is 50.4 cm³/mol. The minimum absolute atomic E-state index is 0.207. The Kier molecular flexibility index (Phi) is 2.56. The number of hydrogen-bond donors (Lipinski definition) is 2. The molecule has 0 saturated heterocycles. The number of H-pyrrole nitrogens is 1. The van der Waals surface area contributed by atoms with E-state index in [1.807, 2.05) is 20.8 Å². The molecule has 1 aromatic rings. The molecule has 0 bridgehead atoms. The van der Waals surface area contributed by atoms with Crippen LogP contribution in [-0.2, 0) is 5.54 Å². The van der Waals surface area contributed by atoms with Crippen LogP contribution in [0.1, 0.15) is 20.8 Å². The standard InChI is InChI=1S/C8H16N4O/c1-6(2)8(3,4-9)12-5-10-11-7(12)13/h5-6H,4,9H2,1-3H3,(H,11,13). The van der Waals surface area contributed by atoms with Crippen LogP contribution in [0.2, 0.25) is 0 Å². The summed E-state index contributed by atoms with van der Waals surface area (Å²) in [4.78, 5) is 11.3. The van der Waals surface area contributed by atoms with Gasteiger partial charge in [-0.25, -0.2) is 9.89 Å². The van der Waals surface area contributed by atoms with Crippen molar-refractivity contribution in [3.63, 3.8) is 0 Å². The molecule has 1 unspecified atom stereocenters. The molecule has 0 spiro atoms. The number of rotatable bonds is 3. The third-order valence-electron chi connectivity index (χ3n) is 2.76. The lowest BCUT2D eigenvalue weighted by molar-refractivity contribution is 0.224. The van der Waals surface area contributed by atoms with E-state index in [4.69, 9.17) is 5.73 Å². The molecule has 74 valence electrons. The molecule has 3 N–H and O–H groups in total. The Labute approximate surface area is 76.9 Å². The predicted octanol–water partition coefficient (Wildman–Crippen LogP) is -0.0987. The Morgan fingerprint density at radius 1 is 1.77 bits per heavy atom. The van der Waals surface area contributed by atoms with Gasteiger partial charge in [-0.2, -0.15) is 5.10 Å². The summed E-state index contributed by atoms with van der Waals surface area (Å²) >= 11 is 0. The van der Waals surface area contributed by atoms with Crippen LogP contribution in [0, 0.1) is 5.92 Å². The van der Waals surface area contributed by atoms with E-state index in [1.54, 1.807) is 4.57 Å². The second-order valence-electron chi connectivity index (χ2n) is 3.75. The van der Waals surface area contributed by atoms with Gasteiger partial charge < -0.3 is 5.73 Å². The van der Waals surface area contributed by atoms with Gasteiger partial charge in [0.25, 0.3) is 0 Å². The summed E-state index contributed by atoms with van der Waals surface area (Å²) in [5, 5.41) is 6.05. The van der Waals surface area contributed by atoms with Crippen molar-refractivity contribution in [2.75, 3.05) is 6.54 Å². The van der Waals surface area contributed by atoms with Crippen molar-refractivity contribution in [2.24, 2.45) is 11.7 Å². The topological polar surface area (TPSA) is 76.7 Å². The molecule has 1 heterocycles. The quantitative estimate of drug-likeness (QED) is 0.688. The van der Waals surface area contributed by atoms with Gasteiger partial charge in [0.15, 0.2) is 0 Å². The van der Waals surface area contributed by atoms with Crippen molar-refractivity contribution in [2.45, 2.75) is 26.3 Å². The van der Waals surface area contributed by atoms with Gasteiger partial charge in [0, 0.05) is 6.54 Å². The number of aromatic amines is 1. The zero-order valence-corrected chi connectivity index (χ0v) is 8.24. The molecule has 0 amide bonds. The van der Waals surface area contributed by atoms with Crippen molar-refractivity contribution >= 4 is 0 Å². The van der Waals surface area contributed by atoms with Gasteiger partial charge in [-0.3, -0.25) is 4.57 Å². The molecule has 0 aliphatic carbocycles. The maximum atomic E-state index is 11.3. The first-order valence-corrected chi connectivity index (χ1v) is 4.35. The summed E-state index contributed by atoms with van der Waals surface area (Å²) in [5.41, 5.74) is 5.10. The summed E-state index contributed by atoms with van der Waals surface area (Å²) in [6.45, 7) is 6.44. The van der Waals surface area contributed by atoms with Gasteiger partial charge >= 0.3 is 5.69 Å². The summed E-state index contributed by atoms with van der Waals surface area (Å²) in [7, 11) is 0. The zero-order valence-electron chi connectivity index (χ0n) is 8.24. The summed E-state index contributed by atoms with van der Waals surface area (Å²) in [6, 6.07) is 0. The molecule has 0 aliphatic heterocycles. The van der Waals surface area contributed by atoms with Gasteiger partial charge in [-0.05, 0) is 12.8 Å². The lowest BCUT2D eigenvalue weighted by Crippen LogP contribution is -2.47. The third-order valence-corrected chi connectivity index (χ3v) is 2.76. The van der Waals surface area contributed by atoms with Crippen LogP contribution in [0.5, 0.6) is 0 Å².